The van der Waals surface area contributed by atoms with Gasteiger partial charge in [-0.25, -0.2) is 9.97 Å². The van der Waals surface area contributed by atoms with E-state index in [1.807, 2.05) is 11.3 Å². The first-order valence-electron chi connectivity index (χ1n) is 7.12. The van der Waals surface area contributed by atoms with Gasteiger partial charge < -0.3 is 0 Å². The molecule has 2 nitrogen and oxygen atoms in total. The minimum atomic E-state index is 0.647. The van der Waals surface area contributed by atoms with Gasteiger partial charge in [0, 0.05) is 16.2 Å². The van der Waals surface area contributed by atoms with Crippen molar-refractivity contribution in [1.29, 1.82) is 0 Å². The first kappa shape index (κ1) is 12.2. The predicted octanol–water partition coefficient (Wildman–Crippen LogP) is 4.42. The van der Waals surface area contributed by atoms with Crippen LogP contribution < -0.4 is 0 Å². The van der Waals surface area contributed by atoms with Crippen LogP contribution in [0.3, 0.4) is 0 Å². The van der Waals surface area contributed by atoms with Crippen LogP contribution in [0.5, 0.6) is 0 Å². The summed E-state index contributed by atoms with van der Waals surface area (Å²) < 4.78 is 0. The van der Waals surface area contributed by atoms with Gasteiger partial charge in [-0.1, -0.05) is 6.92 Å². The molecule has 1 fully saturated rings. The number of thiophene rings is 1. The first-order valence-corrected chi connectivity index (χ1v) is 9.16. The lowest BCUT2D eigenvalue weighted by atomic mass is 9.89. The van der Waals surface area contributed by atoms with Crippen molar-refractivity contribution in [3.8, 4) is 0 Å². The second-order valence-corrected chi connectivity index (χ2v) is 7.78. The van der Waals surface area contributed by atoms with Crippen LogP contribution in [0.4, 0.5) is 0 Å². The van der Waals surface area contributed by atoms with Crippen molar-refractivity contribution in [3.63, 3.8) is 0 Å². The van der Waals surface area contributed by atoms with E-state index in [-0.39, 0.29) is 0 Å². The first-order chi connectivity index (χ1) is 9.26. The predicted molar refractivity (Wildman–Crippen MR) is 82.4 cm³/mol. The highest BCUT2D eigenvalue weighted by Crippen LogP contribution is 2.44. The quantitative estimate of drug-likeness (QED) is 0.605. The molecule has 0 aliphatic heterocycles. The van der Waals surface area contributed by atoms with Crippen molar-refractivity contribution in [2.75, 3.05) is 6.26 Å². The molecule has 1 unspecified atom stereocenters. The molecular formula is C15H18N2S2. The monoisotopic (exact) mass is 290 g/mol. The summed E-state index contributed by atoms with van der Waals surface area (Å²) in [5, 5.41) is 2.60. The van der Waals surface area contributed by atoms with E-state index in [1.165, 1.54) is 47.3 Å². The molecule has 0 bridgehead atoms. The maximum Gasteiger partial charge on any atom is 0.134 e. The molecular weight excluding hydrogens is 272 g/mol. The van der Waals surface area contributed by atoms with E-state index in [2.05, 4.69) is 13.2 Å². The molecule has 0 amide bonds. The van der Waals surface area contributed by atoms with E-state index < -0.39 is 0 Å². The molecule has 2 aromatic heterocycles. The fourth-order valence-electron chi connectivity index (χ4n) is 3.00. The molecule has 100 valence electrons. The van der Waals surface area contributed by atoms with Gasteiger partial charge in [-0.3, -0.25) is 0 Å². The van der Waals surface area contributed by atoms with Crippen LogP contribution in [0.15, 0.2) is 5.03 Å². The Kier molecular flexibility index (Phi) is 2.85. The van der Waals surface area contributed by atoms with E-state index in [0.29, 0.717) is 5.92 Å². The largest absolute Gasteiger partial charge is 0.226 e. The minimum Gasteiger partial charge on any atom is -0.226 e. The molecule has 2 heterocycles. The van der Waals surface area contributed by atoms with Gasteiger partial charge >= 0.3 is 0 Å². The zero-order chi connectivity index (χ0) is 13.0. The topological polar surface area (TPSA) is 25.8 Å². The average Bonchev–Trinajstić information content (AvgIpc) is 3.18. The Morgan fingerprint density at radius 1 is 1.21 bits per heavy atom. The Morgan fingerprint density at radius 2 is 2.05 bits per heavy atom. The van der Waals surface area contributed by atoms with Crippen LogP contribution in [0.25, 0.3) is 10.2 Å². The highest BCUT2D eigenvalue weighted by atomic mass is 32.2. The Balaban J connectivity index is 1.93. The standard InChI is InChI=1S/C15H18N2S2/c1-8-3-6-10-11(7-8)19-15-12(10)14(18-2)16-13(17-15)9-4-5-9/h8-9H,3-7H2,1-2H3. The lowest BCUT2D eigenvalue weighted by Gasteiger charge is -2.18. The molecule has 19 heavy (non-hydrogen) atoms. The Bertz CT molecular complexity index is 643. The Hall–Kier alpha value is -0.610. The van der Waals surface area contributed by atoms with Crippen LogP contribution >= 0.6 is 23.1 Å². The number of aryl methyl sites for hydroxylation is 1. The molecule has 2 aromatic rings. The van der Waals surface area contributed by atoms with Gasteiger partial charge in [0.1, 0.15) is 15.7 Å². The van der Waals surface area contributed by atoms with Crippen molar-refractivity contribution in [2.24, 2.45) is 5.92 Å². The summed E-state index contributed by atoms with van der Waals surface area (Å²) in [6, 6.07) is 0. The normalized spacial score (nSPS) is 22.7. The zero-order valence-corrected chi connectivity index (χ0v) is 13.0. The van der Waals surface area contributed by atoms with E-state index in [0.717, 1.165) is 11.7 Å². The summed E-state index contributed by atoms with van der Waals surface area (Å²) in [5.74, 6) is 2.58. The fraction of sp³-hybridized carbons (Fsp3) is 0.600. The van der Waals surface area contributed by atoms with Gasteiger partial charge in [0.25, 0.3) is 0 Å². The highest BCUT2D eigenvalue weighted by Gasteiger charge is 2.29. The third kappa shape index (κ3) is 2.00. The molecule has 2 aliphatic carbocycles. The smallest absolute Gasteiger partial charge is 0.134 e. The molecule has 1 saturated carbocycles. The van der Waals surface area contributed by atoms with Crippen LogP contribution in [0, 0.1) is 5.92 Å². The summed E-state index contributed by atoms with van der Waals surface area (Å²) in [6.45, 7) is 2.37. The molecule has 4 heteroatoms. The summed E-state index contributed by atoms with van der Waals surface area (Å²) in [4.78, 5) is 12.5. The fourth-order valence-corrected chi connectivity index (χ4v) is 5.06. The third-order valence-corrected chi connectivity index (χ3v) is 6.11. The van der Waals surface area contributed by atoms with Gasteiger partial charge in [-0.2, -0.15) is 0 Å². The summed E-state index contributed by atoms with van der Waals surface area (Å²) >= 11 is 3.72. The molecule has 0 radical (unpaired) electrons. The van der Waals surface area contributed by atoms with Gasteiger partial charge in [0.2, 0.25) is 0 Å². The summed E-state index contributed by atoms with van der Waals surface area (Å²) in [7, 11) is 0. The second-order valence-electron chi connectivity index (χ2n) is 5.90. The van der Waals surface area contributed by atoms with Crippen LogP contribution in [-0.2, 0) is 12.8 Å². The van der Waals surface area contributed by atoms with E-state index >= 15 is 0 Å². The van der Waals surface area contributed by atoms with E-state index in [4.69, 9.17) is 9.97 Å². The van der Waals surface area contributed by atoms with Crippen LogP contribution in [0.1, 0.15) is 48.4 Å². The molecule has 1 atom stereocenters. The summed E-state index contributed by atoms with van der Waals surface area (Å²) in [5.41, 5.74) is 1.56. The lowest BCUT2D eigenvalue weighted by Crippen LogP contribution is -2.08. The number of thioether (sulfide) groups is 1. The molecule has 0 N–H and O–H groups in total. The molecule has 4 rings (SSSR count). The van der Waals surface area contributed by atoms with Crippen molar-refractivity contribution in [1.82, 2.24) is 9.97 Å². The molecule has 0 saturated heterocycles. The van der Waals surface area contributed by atoms with Crippen molar-refractivity contribution in [2.45, 2.75) is 50.0 Å². The Morgan fingerprint density at radius 3 is 2.79 bits per heavy atom. The van der Waals surface area contributed by atoms with Crippen molar-refractivity contribution in [3.05, 3.63) is 16.3 Å². The minimum absolute atomic E-state index is 0.647. The van der Waals surface area contributed by atoms with Crippen LogP contribution in [0.2, 0.25) is 0 Å². The second kappa shape index (κ2) is 4.45. The molecule has 0 spiro atoms. The summed E-state index contributed by atoms with van der Waals surface area (Å²) in [6.07, 6.45) is 8.48. The van der Waals surface area contributed by atoms with E-state index in [1.54, 1.807) is 22.2 Å². The van der Waals surface area contributed by atoms with Gasteiger partial charge in [0.15, 0.2) is 0 Å². The number of nitrogens with zero attached hydrogens (tertiary/aromatic N) is 2. The number of fused-ring (bicyclic) bond motifs is 3. The van der Waals surface area contributed by atoms with Crippen molar-refractivity contribution >= 4 is 33.3 Å². The van der Waals surface area contributed by atoms with Crippen LogP contribution in [-0.4, -0.2) is 16.2 Å². The van der Waals surface area contributed by atoms with Gasteiger partial charge in [-0.15, -0.1) is 23.1 Å². The van der Waals surface area contributed by atoms with Gasteiger partial charge in [-0.05, 0) is 49.8 Å². The maximum absolute atomic E-state index is 4.87. The molecule has 0 aromatic carbocycles. The van der Waals surface area contributed by atoms with E-state index in [9.17, 15) is 0 Å². The highest BCUT2D eigenvalue weighted by molar-refractivity contribution is 7.98. The number of rotatable bonds is 2. The number of aromatic nitrogens is 2. The lowest BCUT2D eigenvalue weighted by molar-refractivity contribution is 0.509. The Labute approximate surface area is 122 Å². The maximum atomic E-state index is 4.87. The number of hydrogen-bond donors (Lipinski definition) is 0. The average molecular weight is 290 g/mol. The van der Waals surface area contributed by atoms with Crippen molar-refractivity contribution < 1.29 is 0 Å². The zero-order valence-electron chi connectivity index (χ0n) is 11.4. The number of hydrogen-bond acceptors (Lipinski definition) is 4. The SMILES string of the molecule is CSc1nc(C2CC2)nc2sc3c(c12)CCC(C)C3. The molecule has 2 aliphatic rings. The van der Waals surface area contributed by atoms with Gasteiger partial charge in [0.05, 0.1) is 0 Å². The third-order valence-electron chi connectivity index (χ3n) is 4.28.